The van der Waals surface area contributed by atoms with Crippen LogP contribution in [0.4, 0.5) is 5.69 Å². The fraction of sp³-hybridized carbons (Fsp3) is 0.385. The zero-order valence-corrected chi connectivity index (χ0v) is 12.4. The van der Waals surface area contributed by atoms with Gasteiger partial charge in [0.05, 0.1) is 4.92 Å². The van der Waals surface area contributed by atoms with E-state index in [9.17, 15) is 14.9 Å². The molecule has 8 heteroatoms. The molecule has 0 fully saturated rings. The van der Waals surface area contributed by atoms with Gasteiger partial charge in [0.15, 0.2) is 5.16 Å². The first-order valence-corrected chi connectivity index (χ1v) is 7.61. The molecule has 0 aliphatic carbocycles. The number of hydrogen-bond donors (Lipinski definition) is 1. The summed E-state index contributed by atoms with van der Waals surface area (Å²) in [6, 6.07) is 6.47. The number of hydrogen-bond acceptors (Lipinski definition) is 5. The Morgan fingerprint density at radius 2 is 2.29 bits per heavy atom. The van der Waals surface area contributed by atoms with Gasteiger partial charge in [-0.3, -0.25) is 14.7 Å². The Labute approximate surface area is 125 Å². The predicted octanol–water partition coefficient (Wildman–Crippen LogP) is 2.57. The molecule has 0 aliphatic rings. The molecule has 1 N–H and O–H groups in total. The Hall–Kier alpha value is -2.09. The Balaban J connectivity index is 2.08. The summed E-state index contributed by atoms with van der Waals surface area (Å²) in [6.45, 7) is 2.68. The molecule has 0 aliphatic heterocycles. The lowest BCUT2D eigenvalue weighted by Crippen LogP contribution is -2.17. The van der Waals surface area contributed by atoms with Gasteiger partial charge in [0, 0.05) is 24.4 Å². The Morgan fingerprint density at radius 3 is 3.00 bits per heavy atom. The van der Waals surface area contributed by atoms with E-state index in [0.717, 1.165) is 18.4 Å². The van der Waals surface area contributed by atoms with E-state index in [1.54, 1.807) is 10.6 Å². The lowest BCUT2D eigenvalue weighted by Gasteiger charge is -2.04. The van der Waals surface area contributed by atoms with Crippen LogP contribution >= 0.6 is 11.8 Å². The first-order valence-electron chi connectivity index (χ1n) is 6.63. The van der Waals surface area contributed by atoms with Crippen molar-refractivity contribution in [3.05, 3.63) is 50.4 Å². The molecule has 112 valence electrons. The highest BCUT2D eigenvalue weighted by Gasteiger charge is 2.10. The minimum absolute atomic E-state index is 0.0681. The van der Waals surface area contributed by atoms with Gasteiger partial charge < -0.3 is 0 Å². The molecular weight excluding hydrogens is 292 g/mol. The number of nitrogens with one attached hydrogen (secondary N) is 1. The number of unbranched alkanes of at least 4 members (excludes halogenated alkanes) is 1. The van der Waals surface area contributed by atoms with E-state index in [1.165, 1.54) is 23.9 Å². The Kier molecular flexibility index (Phi) is 5.15. The van der Waals surface area contributed by atoms with Crippen molar-refractivity contribution in [2.75, 3.05) is 0 Å². The minimum Gasteiger partial charge on any atom is -0.270 e. The standard InChI is InChI=1S/C13H16N4O3S/c1-2-3-7-16-12(18)14-15-13(16)21-9-10-5-4-6-11(8-10)17(19)20/h4-6,8H,2-3,7,9H2,1H3,(H,14,18). The first-order chi connectivity index (χ1) is 10.1. The number of rotatable bonds is 7. The lowest BCUT2D eigenvalue weighted by atomic mass is 10.2. The van der Waals surface area contributed by atoms with Gasteiger partial charge in [0.1, 0.15) is 0 Å². The molecule has 1 aromatic heterocycles. The van der Waals surface area contributed by atoms with Crippen molar-refractivity contribution in [3.63, 3.8) is 0 Å². The molecule has 1 heterocycles. The number of aromatic nitrogens is 3. The summed E-state index contributed by atoms with van der Waals surface area (Å²) in [7, 11) is 0. The molecule has 0 unspecified atom stereocenters. The Morgan fingerprint density at radius 1 is 1.48 bits per heavy atom. The summed E-state index contributed by atoms with van der Waals surface area (Å²) >= 11 is 1.39. The highest BCUT2D eigenvalue weighted by Crippen LogP contribution is 2.22. The predicted molar refractivity (Wildman–Crippen MR) is 80.4 cm³/mol. The second-order valence-corrected chi connectivity index (χ2v) is 5.47. The van der Waals surface area contributed by atoms with Crippen LogP contribution < -0.4 is 5.69 Å². The third-order valence-electron chi connectivity index (χ3n) is 2.95. The molecule has 1 aromatic carbocycles. The van der Waals surface area contributed by atoms with E-state index < -0.39 is 4.92 Å². The molecule has 21 heavy (non-hydrogen) atoms. The van der Waals surface area contributed by atoms with Gasteiger partial charge in [-0.05, 0) is 12.0 Å². The number of benzene rings is 1. The van der Waals surface area contributed by atoms with E-state index in [4.69, 9.17) is 0 Å². The van der Waals surface area contributed by atoms with Crippen LogP contribution in [0.2, 0.25) is 0 Å². The van der Waals surface area contributed by atoms with Crippen molar-refractivity contribution in [2.45, 2.75) is 37.2 Å². The van der Waals surface area contributed by atoms with Crippen LogP contribution in [-0.2, 0) is 12.3 Å². The number of nitro groups is 1. The normalized spacial score (nSPS) is 10.7. The third-order valence-corrected chi connectivity index (χ3v) is 4.00. The number of nitrogens with zero attached hydrogens (tertiary/aromatic N) is 3. The maximum absolute atomic E-state index is 11.6. The van der Waals surface area contributed by atoms with Crippen LogP contribution in [0.3, 0.4) is 0 Å². The van der Waals surface area contributed by atoms with E-state index >= 15 is 0 Å². The smallest absolute Gasteiger partial charge is 0.270 e. The fourth-order valence-electron chi connectivity index (χ4n) is 1.83. The highest BCUT2D eigenvalue weighted by molar-refractivity contribution is 7.98. The van der Waals surface area contributed by atoms with Gasteiger partial charge in [0.25, 0.3) is 5.69 Å². The van der Waals surface area contributed by atoms with Crippen LogP contribution in [0, 0.1) is 10.1 Å². The maximum atomic E-state index is 11.6. The van der Waals surface area contributed by atoms with E-state index in [-0.39, 0.29) is 11.4 Å². The van der Waals surface area contributed by atoms with Crippen molar-refractivity contribution in [1.29, 1.82) is 0 Å². The van der Waals surface area contributed by atoms with Crippen LogP contribution in [0.5, 0.6) is 0 Å². The van der Waals surface area contributed by atoms with Crippen molar-refractivity contribution in [1.82, 2.24) is 14.8 Å². The largest absolute Gasteiger partial charge is 0.343 e. The van der Waals surface area contributed by atoms with Crippen LogP contribution in [-0.4, -0.2) is 19.7 Å². The zero-order valence-electron chi connectivity index (χ0n) is 11.6. The van der Waals surface area contributed by atoms with Gasteiger partial charge in [-0.1, -0.05) is 37.2 Å². The van der Waals surface area contributed by atoms with Gasteiger partial charge >= 0.3 is 5.69 Å². The van der Waals surface area contributed by atoms with Crippen LogP contribution in [0.1, 0.15) is 25.3 Å². The lowest BCUT2D eigenvalue weighted by molar-refractivity contribution is -0.384. The summed E-state index contributed by atoms with van der Waals surface area (Å²) in [4.78, 5) is 22.0. The maximum Gasteiger partial charge on any atom is 0.343 e. The number of nitro benzene ring substituents is 1. The second kappa shape index (κ2) is 7.07. The fourth-order valence-corrected chi connectivity index (χ4v) is 2.75. The minimum atomic E-state index is -0.417. The molecule has 0 bridgehead atoms. The summed E-state index contributed by atoms with van der Waals surface area (Å²) in [5.41, 5.74) is 0.676. The summed E-state index contributed by atoms with van der Waals surface area (Å²) < 4.78 is 1.60. The molecule has 0 saturated heterocycles. The van der Waals surface area contributed by atoms with E-state index in [0.29, 0.717) is 17.5 Å². The van der Waals surface area contributed by atoms with Crippen molar-refractivity contribution < 1.29 is 4.92 Å². The molecule has 7 nitrogen and oxygen atoms in total. The van der Waals surface area contributed by atoms with Crippen molar-refractivity contribution >= 4 is 17.4 Å². The molecule has 0 saturated carbocycles. The number of non-ortho nitro benzene ring substituents is 1. The van der Waals surface area contributed by atoms with Crippen LogP contribution in [0.15, 0.2) is 34.2 Å². The monoisotopic (exact) mass is 308 g/mol. The molecule has 2 aromatic rings. The molecular formula is C13H16N4O3S. The average molecular weight is 308 g/mol. The molecule has 0 atom stereocenters. The van der Waals surface area contributed by atoms with Gasteiger partial charge in [0.2, 0.25) is 0 Å². The molecule has 2 rings (SSSR count). The van der Waals surface area contributed by atoms with Crippen molar-refractivity contribution in [2.24, 2.45) is 0 Å². The van der Waals surface area contributed by atoms with E-state index in [1.807, 2.05) is 6.07 Å². The molecule has 0 radical (unpaired) electrons. The quantitative estimate of drug-likeness (QED) is 0.482. The molecule has 0 amide bonds. The first kappa shape index (κ1) is 15.3. The number of thioether (sulfide) groups is 1. The van der Waals surface area contributed by atoms with Crippen LogP contribution in [0.25, 0.3) is 0 Å². The second-order valence-electron chi connectivity index (χ2n) is 4.53. The van der Waals surface area contributed by atoms with E-state index in [2.05, 4.69) is 17.1 Å². The summed E-state index contributed by atoms with van der Waals surface area (Å²) in [6.07, 6.45) is 1.90. The SMILES string of the molecule is CCCCn1c(SCc2cccc([N+](=O)[O-])c2)n[nH]c1=O. The van der Waals surface area contributed by atoms with Gasteiger partial charge in [-0.15, -0.1) is 5.10 Å². The van der Waals surface area contributed by atoms with Crippen molar-refractivity contribution in [3.8, 4) is 0 Å². The summed E-state index contributed by atoms with van der Waals surface area (Å²) in [5.74, 6) is 0.526. The van der Waals surface area contributed by atoms with Gasteiger partial charge in [-0.25, -0.2) is 9.89 Å². The topological polar surface area (TPSA) is 93.8 Å². The summed E-state index contributed by atoms with van der Waals surface area (Å²) in [5, 5.41) is 17.8. The average Bonchev–Trinajstić information content (AvgIpc) is 2.83. The number of aromatic amines is 1. The Bertz CT molecular complexity index is 680. The highest BCUT2D eigenvalue weighted by atomic mass is 32.2. The zero-order chi connectivity index (χ0) is 15.2. The van der Waals surface area contributed by atoms with Gasteiger partial charge in [-0.2, -0.15) is 0 Å². The number of H-pyrrole nitrogens is 1. The third kappa shape index (κ3) is 3.94. The molecule has 0 spiro atoms.